The molecule has 0 bridgehead atoms. The molecule has 1 aliphatic heterocycles. The molecule has 9 heteroatoms. The Morgan fingerprint density at radius 2 is 1.84 bits per heavy atom. The number of fused-ring (bicyclic) bond motifs is 1. The van der Waals surface area contributed by atoms with Gasteiger partial charge in [0.15, 0.2) is 5.82 Å². The number of rotatable bonds is 4. The lowest BCUT2D eigenvalue weighted by Gasteiger charge is -2.36. The van der Waals surface area contributed by atoms with Crippen molar-refractivity contribution in [3.63, 3.8) is 0 Å². The topological polar surface area (TPSA) is 63.2 Å². The fourth-order valence-corrected chi connectivity index (χ4v) is 4.20. The summed E-state index contributed by atoms with van der Waals surface area (Å²) in [5.74, 6) is 0.492. The molecule has 4 rings (SSSR count). The summed E-state index contributed by atoms with van der Waals surface area (Å²) in [5, 5.41) is 12.4. The first kappa shape index (κ1) is 22.3. The summed E-state index contributed by atoms with van der Waals surface area (Å²) in [6.45, 7) is 9.09. The summed E-state index contributed by atoms with van der Waals surface area (Å²) in [5.41, 5.74) is 2.47. The zero-order valence-electron chi connectivity index (χ0n) is 18.5. The van der Waals surface area contributed by atoms with Crippen LogP contribution in [0.25, 0.3) is 10.9 Å². The van der Waals surface area contributed by atoms with Crippen molar-refractivity contribution in [2.75, 3.05) is 23.3 Å². The van der Waals surface area contributed by atoms with Gasteiger partial charge in [-0.15, -0.1) is 5.10 Å². The molecule has 0 spiro atoms. The van der Waals surface area contributed by atoms with Crippen LogP contribution in [0.3, 0.4) is 0 Å². The number of halogens is 3. The van der Waals surface area contributed by atoms with E-state index < -0.39 is 11.7 Å². The molecule has 1 saturated heterocycles. The molecular formula is C23H26F3N5O. The van der Waals surface area contributed by atoms with Gasteiger partial charge in [0.25, 0.3) is 0 Å². The molecule has 0 amide bonds. The molecule has 1 aromatic carbocycles. The number of alkyl halides is 3. The first-order chi connectivity index (χ1) is 15.1. The number of hydrogen-bond acceptors (Lipinski definition) is 6. The fourth-order valence-electron chi connectivity index (χ4n) is 4.20. The van der Waals surface area contributed by atoms with Crippen molar-refractivity contribution >= 4 is 22.4 Å². The molecule has 1 fully saturated rings. The number of anilines is 2. The quantitative estimate of drug-likeness (QED) is 0.617. The number of aromatic nitrogens is 3. The van der Waals surface area contributed by atoms with E-state index in [9.17, 15) is 13.2 Å². The Morgan fingerprint density at radius 3 is 2.53 bits per heavy atom. The summed E-state index contributed by atoms with van der Waals surface area (Å²) < 4.78 is 45.6. The highest BCUT2D eigenvalue weighted by atomic mass is 19.4. The smallest absolute Gasteiger partial charge is 0.372 e. The second-order valence-corrected chi connectivity index (χ2v) is 8.33. The predicted molar refractivity (Wildman–Crippen MR) is 118 cm³/mol. The number of hydrogen-bond donors (Lipinski definition) is 1. The maximum Gasteiger partial charge on any atom is 0.416 e. The lowest BCUT2D eigenvalue weighted by molar-refractivity contribution is -0.138. The monoisotopic (exact) mass is 445 g/mol. The molecule has 0 aliphatic carbocycles. The lowest BCUT2D eigenvalue weighted by Crippen LogP contribution is -2.45. The number of nitrogens with zero attached hydrogens (tertiary/aromatic N) is 4. The molecule has 1 N–H and O–H groups in total. The number of aryl methyl sites for hydroxylation is 1. The van der Waals surface area contributed by atoms with Gasteiger partial charge < -0.3 is 15.0 Å². The fraction of sp³-hybridized carbons (Fsp3) is 0.435. The Hall–Kier alpha value is -2.94. The van der Waals surface area contributed by atoms with Gasteiger partial charge in [0, 0.05) is 25.0 Å². The van der Waals surface area contributed by atoms with Crippen LogP contribution in [-0.4, -0.2) is 40.5 Å². The van der Waals surface area contributed by atoms with E-state index in [0.717, 1.165) is 30.2 Å². The van der Waals surface area contributed by atoms with Crippen molar-refractivity contribution in [1.82, 2.24) is 15.2 Å². The number of nitrogens with one attached hydrogen (secondary N) is 1. The van der Waals surface area contributed by atoms with Gasteiger partial charge in [-0.25, -0.2) is 0 Å². The molecule has 32 heavy (non-hydrogen) atoms. The van der Waals surface area contributed by atoms with Crippen LogP contribution in [0.5, 0.6) is 0 Å². The highest BCUT2D eigenvalue weighted by Crippen LogP contribution is 2.33. The van der Waals surface area contributed by atoms with Crippen LogP contribution in [0, 0.1) is 13.8 Å². The first-order valence-corrected chi connectivity index (χ1v) is 10.6. The Labute approximate surface area is 184 Å². The van der Waals surface area contributed by atoms with Gasteiger partial charge >= 0.3 is 6.18 Å². The largest absolute Gasteiger partial charge is 0.416 e. The highest BCUT2D eigenvalue weighted by molar-refractivity contribution is 5.92. The van der Waals surface area contributed by atoms with Crippen LogP contribution in [0.1, 0.15) is 36.2 Å². The maximum absolute atomic E-state index is 13.3. The van der Waals surface area contributed by atoms with Crippen LogP contribution < -0.4 is 10.2 Å². The number of benzene rings is 1. The normalized spacial score (nSPS) is 19.4. The molecule has 2 atom stereocenters. The van der Waals surface area contributed by atoms with Gasteiger partial charge in [-0.3, -0.25) is 4.98 Å². The molecule has 0 saturated carbocycles. The van der Waals surface area contributed by atoms with E-state index in [1.54, 1.807) is 6.07 Å². The minimum Gasteiger partial charge on any atom is -0.372 e. The van der Waals surface area contributed by atoms with Gasteiger partial charge in [-0.2, -0.15) is 18.3 Å². The molecule has 0 radical (unpaired) electrons. The molecule has 3 heterocycles. The van der Waals surface area contributed by atoms with Crippen LogP contribution >= 0.6 is 0 Å². The summed E-state index contributed by atoms with van der Waals surface area (Å²) in [6, 6.07) is 6.21. The third-order valence-corrected chi connectivity index (χ3v) is 5.75. The second kappa shape index (κ2) is 8.54. The van der Waals surface area contributed by atoms with Crippen molar-refractivity contribution in [2.24, 2.45) is 0 Å². The molecule has 6 nitrogen and oxygen atoms in total. The molecular weight excluding hydrogens is 419 g/mol. The SMILES string of the molecule is Cc1c(CNc2nnc(C)c3ncc(N4CC(C)OC(C)C4)cc23)cccc1C(F)(F)F. The molecule has 170 valence electrons. The summed E-state index contributed by atoms with van der Waals surface area (Å²) in [7, 11) is 0. The zero-order chi connectivity index (χ0) is 23.0. The summed E-state index contributed by atoms with van der Waals surface area (Å²) in [6.07, 6.45) is -2.36. The molecule has 2 unspecified atom stereocenters. The van der Waals surface area contributed by atoms with Crippen molar-refractivity contribution in [1.29, 1.82) is 0 Å². The van der Waals surface area contributed by atoms with Crippen LogP contribution in [0.15, 0.2) is 30.5 Å². The lowest BCUT2D eigenvalue weighted by atomic mass is 10.0. The average molecular weight is 445 g/mol. The van der Waals surface area contributed by atoms with Gasteiger partial charge in [0.05, 0.1) is 40.9 Å². The number of pyridine rings is 1. The minimum atomic E-state index is -4.39. The Kier molecular flexibility index (Phi) is 5.94. The van der Waals surface area contributed by atoms with E-state index in [-0.39, 0.29) is 24.3 Å². The van der Waals surface area contributed by atoms with Crippen LogP contribution in [0.4, 0.5) is 24.7 Å². The Morgan fingerprint density at radius 1 is 1.12 bits per heavy atom. The van der Waals surface area contributed by atoms with Gasteiger partial charge in [0.1, 0.15) is 0 Å². The first-order valence-electron chi connectivity index (χ1n) is 10.6. The van der Waals surface area contributed by atoms with E-state index in [2.05, 4.69) is 25.4 Å². The Bertz CT molecular complexity index is 1120. The Balaban J connectivity index is 1.65. The molecule has 3 aromatic rings. The zero-order valence-corrected chi connectivity index (χ0v) is 18.5. The van der Waals surface area contributed by atoms with E-state index >= 15 is 0 Å². The number of ether oxygens (including phenoxy) is 1. The summed E-state index contributed by atoms with van der Waals surface area (Å²) in [4.78, 5) is 6.84. The van der Waals surface area contributed by atoms with Crippen molar-refractivity contribution in [3.05, 3.63) is 52.8 Å². The summed E-state index contributed by atoms with van der Waals surface area (Å²) >= 11 is 0. The van der Waals surface area contributed by atoms with E-state index in [0.29, 0.717) is 22.6 Å². The van der Waals surface area contributed by atoms with Crippen molar-refractivity contribution in [2.45, 2.75) is 52.6 Å². The van der Waals surface area contributed by atoms with E-state index in [1.807, 2.05) is 33.0 Å². The van der Waals surface area contributed by atoms with Crippen molar-refractivity contribution in [3.8, 4) is 0 Å². The maximum atomic E-state index is 13.3. The van der Waals surface area contributed by atoms with Crippen LogP contribution in [-0.2, 0) is 17.5 Å². The van der Waals surface area contributed by atoms with Gasteiger partial charge in [0.2, 0.25) is 0 Å². The third kappa shape index (κ3) is 4.48. The average Bonchev–Trinajstić information content (AvgIpc) is 2.72. The third-order valence-electron chi connectivity index (χ3n) is 5.75. The van der Waals surface area contributed by atoms with Crippen molar-refractivity contribution < 1.29 is 17.9 Å². The van der Waals surface area contributed by atoms with Crippen LogP contribution in [0.2, 0.25) is 0 Å². The second-order valence-electron chi connectivity index (χ2n) is 8.33. The molecule has 2 aromatic heterocycles. The molecule has 1 aliphatic rings. The van der Waals surface area contributed by atoms with Gasteiger partial charge in [-0.05, 0) is 51.0 Å². The van der Waals surface area contributed by atoms with E-state index in [4.69, 9.17) is 4.74 Å². The number of morpholine rings is 1. The minimum absolute atomic E-state index is 0.105. The van der Waals surface area contributed by atoms with Gasteiger partial charge in [-0.1, -0.05) is 12.1 Å². The predicted octanol–water partition coefficient (Wildman–Crippen LogP) is 4.89. The highest BCUT2D eigenvalue weighted by Gasteiger charge is 2.32. The van der Waals surface area contributed by atoms with E-state index in [1.165, 1.54) is 13.0 Å². The standard InChI is InChI=1S/C23H26F3N5O/c1-13-11-31(12-14(2)32-13)18-8-19-21(27-10-18)16(4)29-30-22(19)28-9-17-6-5-7-20(15(17)3)23(24,25)26/h5-8,10,13-14H,9,11-12H2,1-4H3,(H,28,30).